The number of halogens is 1. The van der Waals surface area contributed by atoms with E-state index >= 15 is 0 Å². The highest BCUT2D eigenvalue weighted by molar-refractivity contribution is 6.30. The zero-order valence-electron chi connectivity index (χ0n) is 14.8. The fourth-order valence-electron chi connectivity index (χ4n) is 2.19. The molecule has 0 aliphatic rings. The molecule has 0 radical (unpaired) electrons. The van der Waals surface area contributed by atoms with Crippen molar-refractivity contribution in [1.82, 2.24) is 4.98 Å². The number of nitrogens with zero attached hydrogens (tertiary/aromatic N) is 3. The van der Waals surface area contributed by atoms with Gasteiger partial charge in [-0.1, -0.05) is 35.0 Å². The molecule has 0 saturated heterocycles. The lowest BCUT2D eigenvalue weighted by molar-refractivity contribution is 0.129. The lowest BCUT2D eigenvalue weighted by Crippen LogP contribution is -2.33. The fourth-order valence-corrected chi connectivity index (χ4v) is 2.30. The quantitative estimate of drug-likeness (QED) is 0.416. The van der Waals surface area contributed by atoms with Gasteiger partial charge in [0, 0.05) is 18.9 Å². The van der Waals surface area contributed by atoms with E-state index in [0.29, 0.717) is 22.1 Å². The second kappa shape index (κ2) is 9.74. The van der Waals surface area contributed by atoms with Crippen molar-refractivity contribution in [2.45, 2.75) is 13.5 Å². The van der Waals surface area contributed by atoms with Gasteiger partial charge in [-0.15, -0.1) is 0 Å². The van der Waals surface area contributed by atoms with Crippen LogP contribution in [-0.4, -0.2) is 37.7 Å². The molecule has 0 fully saturated rings. The van der Waals surface area contributed by atoms with Crippen molar-refractivity contribution in [1.29, 1.82) is 0 Å². The van der Waals surface area contributed by atoms with Crippen molar-refractivity contribution >= 4 is 29.1 Å². The monoisotopic (exact) mass is 377 g/mol. The maximum atomic E-state index is 12.0. The maximum Gasteiger partial charge on any atom is 0.415 e. The molecule has 1 aromatic heterocycles. The molecule has 138 valence electrons. The van der Waals surface area contributed by atoms with Crippen LogP contribution in [0.4, 0.5) is 10.5 Å². The molecule has 26 heavy (non-hydrogen) atoms. The summed E-state index contributed by atoms with van der Waals surface area (Å²) in [4.78, 5) is 23.0. The predicted octanol–water partition coefficient (Wildman–Crippen LogP) is 3.85. The molecule has 0 spiro atoms. The summed E-state index contributed by atoms with van der Waals surface area (Å²) in [5.74, 6) is 0. The Bertz CT molecular complexity index is 765. The number of carbonyl (C=O) groups excluding carboxylic acids is 1. The van der Waals surface area contributed by atoms with Crippen molar-refractivity contribution < 1.29 is 19.1 Å². The number of benzene rings is 1. The first-order valence-electron chi connectivity index (χ1n) is 7.77. The number of aromatic nitrogens is 1. The fraction of sp³-hybridized carbons (Fsp3) is 0.278. The molecule has 2 rings (SSSR count). The Morgan fingerprint density at radius 2 is 2.00 bits per heavy atom. The van der Waals surface area contributed by atoms with E-state index in [2.05, 4.69) is 10.1 Å². The number of hydrogen-bond donors (Lipinski definition) is 0. The van der Waals surface area contributed by atoms with Crippen LogP contribution < -0.4 is 4.90 Å². The number of rotatable bonds is 7. The van der Waals surface area contributed by atoms with Gasteiger partial charge < -0.3 is 14.3 Å². The summed E-state index contributed by atoms with van der Waals surface area (Å²) < 4.78 is 9.89. The van der Waals surface area contributed by atoms with Gasteiger partial charge in [-0.3, -0.25) is 9.88 Å². The third-order valence-electron chi connectivity index (χ3n) is 3.46. The number of pyridine rings is 1. The van der Waals surface area contributed by atoms with Crippen LogP contribution in [0.15, 0.2) is 47.8 Å². The molecule has 1 aromatic carbocycles. The molecule has 7 nitrogen and oxygen atoms in total. The Morgan fingerprint density at radius 1 is 1.23 bits per heavy atom. The van der Waals surface area contributed by atoms with E-state index in [0.717, 1.165) is 5.56 Å². The van der Waals surface area contributed by atoms with E-state index in [1.807, 2.05) is 18.2 Å². The van der Waals surface area contributed by atoms with E-state index in [-0.39, 0.29) is 13.3 Å². The van der Waals surface area contributed by atoms with E-state index in [1.165, 1.54) is 19.1 Å². The Kier molecular flexibility index (Phi) is 7.37. The molecule has 0 unspecified atom stereocenters. The molecule has 0 atom stereocenters. The van der Waals surface area contributed by atoms with E-state index in [4.69, 9.17) is 25.9 Å². The smallest absolute Gasteiger partial charge is 0.415 e. The SMILES string of the molecule is COCN(C(=O)OC)c1ccccc1CON=C(C)c1ccc(Cl)cn1. The number of carbonyl (C=O) groups is 1. The van der Waals surface area contributed by atoms with Crippen molar-refractivity contribution in [3.05, 3.63) is 58.9 Å². The zero-order chi connectivity index (χ0) is 18.9. The summed E-state index contributed by atoms with van der Waals surface area (Å²) in [6, 6.07) is 10.8. The van der Waals surface area contributed by atoms with Gasteiger partial charge in [0.25, 0.3) is 0 Å². The highest BCUT2D eigenvalue weighted by Gasteiger charge is 2.19. The number of ether oxygens (including phenoxy) is 2. The molecular formula is C18H20ClN3O4. The predicted molar refractivity (Wildman–Crippen MR) is 99.4 cm³/mol. The average molecular weight is 378 g/mol. The van der Waals surface area contributed by atoms with Gasteiger partial charge >= 0.3 is 6.09 Å². The number of hydrogen-bond acceptors (Lipinski definition) is 6. The van der Waals surface area contributed by atoms with Gasteiger partial charge in [0.1, 0.15) is 19.0 Å². The Hall–Kier alpha value is -2.64. The topological polar surface area (TPSA) is 73.2 Å². The van der Waals surface area contributed by atoms with Gasteiger partial charge in [0.05, 0.1) is 23.5 Å². The zero-order valence-corrected chi connectivity index (χ0v) is 15.6. The van der Waals surface area contributed by atoms with Crippen LogP contribution >= 0.6 is 11.6 Å². The normalized spacial score (nSPS) is 11.2. The summed E-state index contributed by atoms with van der Waals surface area (Å²) in [7, 11) is 2.82. The molecule has 1 heterocycles. The largest absolute Gasteiger partial charge is 0.452 e. The van der Waals surface area contributed by atoms with Gasteiger partial charge in [-0.2, -0.15) is 0 Å². The molecule has 0 N–H and O–H groups in total. The third kappa shape index (κ3) is 5.18. The van der Waals surface area contributed by atoms with Crippen molar-refractivity contribution in [2.75, 3.05) is 25.9 Å². The maximum absolute atomic E-state index is 12.0. The molecule has 2 aromatic rings. The van der Waals surface area contributed by atoms with E-state index in [1.54, 1.807) is 31.3 Å². The molecule has 0 saturated carbocycles. The summed E-state index contributed by atoms with van der Waals surface area (Å²) in [5, 5.41) is 4.63. The van der Waals surface area contributed by atoms with Crippen LogP contribution in [0.3, 0.4) is 0 Å². The minimum Gasteiger partial charge on any atom is -0.452 e. The van der Waals surface area contributed by atoms with Crippen LogP contribution in [0.1, 0.15) is 18.2 Å². The minimum absolute atomic E-state index is 0.0562. The number of oxime groups is 1. The second-order valence-electron chi connectivity index (χ2n) is 5.26. The Balaban J connectivity index is 2.13. The molecule has 0 aliphatic heterocycles. The van der Waals surface area contributed by atoms with Crippen LogP contribution in [-0.2, 0) is 20.9 Å². The van der Waals surface area contributed by atoms with Crippen molar-refractivity contribution in [3.63, 3.8) is 0 Å². The molecule has 1 amide bonds. The summed E-state index contributed by atoms with van der Waals surface area (Å²) in [6.07, 6.45) is 1.02. The lowest BCUT2D eigenvalue weighted by Gasteiger charge is -2.22. The first kappa shape index (κ1) is 19.7. The summed E-state index contributed by atoms with van der Waals surface area (Å²) in [5.41, 5.74) is 2.66. The third-order valence-corrected chi connectivity index (χ3v) is 3.68. The average Bonchev–Trinajstić information content (AvgIpc) is 2.66. The van der Waals surface area contributed by atoms with E-state index < -0.39 is 6.09 Å². The van der Waals surface area contributed by atoms with Crippen molar-refractivity contribution in [3.8, 4) is 0 Å². The summed E-state index contributed by atoms with van der Waals surface area (Å²) in [6.45, 7) is 2.01. The molecular weight excluding hydrogens is 358 g/mol. The Morgan fingerprint density at radius 3 is 2.65 bits per heavy atom. The van der Waals surface area contributed by atoms with Gasteiger partial charge in [-0.05, 0) is 25.1 Å². The standard InChI is InChI=1S/C18H20ClN3O4/c1-13(16-9-8-15(19)10-20-16)21-26-11-14-6-4-5-7-17(14)22(12-24-2)18(23)25-3/h4-10H,11-12H2,1-3H3. The molecule has 8 heteroatoms. The Labute approximate surface area is 157 Å². The van der Waals surface area contributed by atoms with Gasteiger partial charge in [-0.25, -0.2) is 4.79 Å². The van der Waals surface area contributed by atoms with Gasteiger partial charge in [0.2, 0.25) is 0 Å². The number of para-hydroxylation sites is 1. The second-order valence-corrected chi connectivity index (χ2v) is 5.69. The van der Waals surface area contributed by atoms with Crippen LogP contribution in [0.5, 0.6) is 0 Å². The highest BCUT2D eigenvalue weighted by atomic mass is 35.5. The first-order valence-corrected chi connectivity index (χ1v) is 8.15. The van der Waals surface area contributed by atoms with Crippen LogP contribution in [0, 0.1) is 0 Å². The van der Waals surface area contributed by atoms with Crippen LogP contribution in [0.2, 0.25) is 5.02 Å². The number of amides is 1. The van der Waals surface area contributed by atoms with E-state index in [9.17, 15) is 4.79 Å². The number of methoxy groups -OCH3 is 2. The van der Waals surface area contributed by atoms with Crippen molar-refractivity contribution in [2.24, 2.45) is 5.16 Å². The van der Waals surface area contributed by atoms with Gasteiger partial charge in [0.15, 0.2) is 0 Å². The summed E-state index contributed by atoms with van der Waals surface area (Å²) >= 11 is 5.82. The number of anilines is 1. The van der Waals surface area contributed by atoms with Crippen LogP contribution in [0.25, 0.3) is 0 Å². The first-order chi connectivity index (χ1) is 12.6. The molecule has 0 bridgehead atoms. The highest BCUT2D eigenvalue weighted by Crippen LogP contribution is 2.22. The lowest BCUT2D eigenvalue weighted by atomic mass is 10.2. The minimum atomic E-state index is -0.524. The molecule has 0 aliphatic carbocycles.